The van der Waals surface area contributed by atoms with Crippen LogP contribution in [0.15, 0.2) is 0 Å². The second-order valence-corrected chi connectivity index (χ2v) is 5.12. The van der Waals surface area contributed by atoms with Crippen LogP contribution in [0.5, 0.6) is 0 Å². The monoisotopic (exact) mass is 209 g/mol. The molecule has 0 heterocycles. The van der Waals surface area contributed by atoms with Crippen molar-refractivity contribution in [1.29, 1.82) is 0 Å². The SMILES string of the molecule is CC(=O)C(C)NC(=O)C1CC2CCC1C2. The van der Waals surface area contributed by atoms with Gasteiger partial charge in [-0.2, -0.15) is 0 Å². The zero-order valence-electron chi connectivity index (χ0n) is 9.45. The van der Waals surface area contributed by atoms with Gasteiger partial charge < -0.3 is 5.32 Å². The summed E-state index contributed by atoms with van der Waals surface area (Å²) < 4.78 is 0. The second kappa shape index (κ2) is 3.95. The number of carbonyl (C=O) groups excluding carboxylic acids is 2. The molecule has 0 aromatic rings. The number of Topliss-reactive ketones (excluding diaryl/α,β-unsaturated/α-hetero) is 1. The average molecular weight is 209 g/mol. The van der Waals surface area contributed by atoms with Crippen LogP contribution in [0, 0.1) is 17.8 Å². The highest BCUT2D eigenvalue weighted by Crippen LogP contribution is 2.48. The third kappa shape index (κ3) is 2.06. The number of hydrogen-bond acceptors (Lipinski definition) is 2. The van der Waals surface area contributed by atoms with Gasteiger partial charge in [-0.25, -0.2) is 0 Å². The minimum atomic E-state index is -0.323. The van der Waals surface area contributed by atoms with E-state index in [0.29, 0.717) is 5.92 Å². The molecule has 0 spiro atoms. The van der Waals surface area contributed by atoms with E-state index >= 15 is 0 Å². The maximum atomic E-state index is 11.9. The molecule has 1 N–H and O–H groups in total. The first-order valence-electron chi connectivity index (χ1n) is 5.88. The summed E-state index contributed by atoms with van der Waals surface area (Å²) in [5.41, 5.74) is 0. The zero-order valence-corrected chi connectivity index (χ0v) is 9.45. The molecule has 2 bridgehead atoms. The molecule has 0 aromatic heterocycles. The van der Waals surface area contributed by atoms with Gasteiger partial charge in [0, 0.05) is 5.92 Å². The molecule has 1 amide bonds. The average Bonchev–Trinajstić information content (AvgIpc) is 2.78. The Morgan fingerprint density at radius 1 is 1.27 bits per heavy atom. The van der Waals surface area contributed by atoms with E-state index < -0.39 is 0 Å². The molecule has 0 aromatic carbocycles. The number of rotatable bonds is 3. The van der Waals surface area contributed by atoms with Gasteiger partial charge in [-0.05, 0) is 44.9 Å². The summed E-state index contributed by atoms with van der Waals surface area (Å²) in [5.74, 6) is 1.69. The summed E-state index contributed by atoms with van der Waals surface area (Å²) in [6.07, 6.45) is 4.78. The number of hydrogen-bond donors (Lipinski definition) is 1. The van der Waals surface area contributed by atoms with Gasteiger partial charge in [0.25, 0.3) is 0 Å². The van der Waals surface area contributed by atoms with E-state index in [0.717, 1.165) is 12.3 Å². The Balaban J connectivity index is 1.89. The molecule has 2 rings (SSSR count). The highest BCUT2D eigenvalue weighted by atomic mass is 16.2. The van der Waals surface area contributed by atoms with Gasteiger partial charge in [0.05, 0.1) is 6.04 Å². The van der Waals surface area contributed by atoms with Gasteiger partial charge in [-0.1, -0.05) is 6.42 Å². The van der Waals surface area contributed by atoms with Crippen LogP contribution in [0.4, 0.5) is 0 Å². The van der Waals surface area contributed by atoms with E-state index in [-0.39, 0.29) is 23.7 Å². The van der Waals surface area contributed by atoms with Gasteiger partial charge in [0.2, 0.25) is 5.91 Å². The summed E-state index contributed by atoms with van der Waals surface area (Å²) in [5, 5.41) is 2.82. The van der Waals surface area contributed by atoms with Crippen molar-refractivity contribution in [3.63, 3.8) is 0 Å². The van der Waals surface area contributed by atoms with E-state index in [4.69, 9.17) is 0 Å². The van der Waals surface area contributed by atoms with Gasteiger partial charge in [0.15, 0.2) is 5.78 Å². The van der Waals surface area contributed by atoms with Crippen LogP contribution in [0.1, 0.15) is 39.5 Å². The highest BCUT2D eigenvalue weighted by Gasteiger charge is 2.43. The lowest BCUT2D eigenvalue weighted by Gasteiger charge is -2.22. The van der Waals surface area contributed by atoms with E-state index in [9.17, 15) is 9.59 Å². The van der Waals surface area contributed by atoms with Crippen LogP contribution in [0.25, 0.3) is 0 Å². The smallest absolute Gasteiger partial charge is 0.223 e. The summed E-state index contributed by atoms with van der Waals surface area (Å²) in [6, 6.07) is -0.323. The van der Waals surface area contributed by atoms with Crippen molar-refractivity contribution in [1.82, 2.24) is 5.32 Å². The molecule has 4 unspecified atom stereocenters. The molecule has 2 fully saturated rings. The molecule has 3 heteroatoms. The van der Waals surface area contributed by atoms with Gasteiger partial charge >= 0.3 is 0 Å². The molecule has 2 saturated carbocycles. The highest BCUT2D eigenvalue weighted by molar-refractivity contribution is 5.88. The van der Waals surface area contributed by atoms with Crippen molar-refractivity contribution < 1.29 is 9.59 Å². The summed E-state index contributed by atoms with van der Waals surface area (Å²) >= 11 is 0. The number of ketones is 1. The number of fused-ring (bicyclic) bond motifs is 2. The number of carbonyl (C=O) groups is 2. The Morgan fingerprint density at radius 2 is 2.00 bits per heavy atom. The molecule has 15 heavy (non-hydrogen) atoms. The van der Waals surface area contributed by atoms with Crippen LogP contribution >= 0.6 is 0 Å². The summed E-state index contributed by atoms with van der Waals surface area (Å²) in [6.45, 7) is 3.28. The molecule has 2 aliphatic rings. The van der Waals surface area contributed by atoms with Crippen molar-refractivity contribution in [2.24, 2.45) is 17.8 Å². The molecule has 0 aliphatic heterocycles. The summed E-state index contributed by atoms with van der Waals surface area (Å²) in [7, 11) is 0. The number of amides is 1. The maximum Gasteiger partial charge on any atom is 0.223 e. The third-order valence-corrected chi connectivity index (χ3v) is 4.04. The minimum absolute atomic E-state index is 0.0338. The first-order chi connectivity index (χ1) is 7.08. The standard InChI is InChI=1S/C12H19NO2/c1-7(8(2)14)13-12(15)11-6-9-3-4-10(11)5-9/h7,9-11H,3-6H2,1-2H3,(H,13,15). The largest absolute Gasteiger partial charge is 0.346 e. The maximum absolute atomic E-state index is 11.9. The Hall–Kier alpha value is -0.860. The van der Waals surface area contributed by atoms with Crippen LogP contribution in [-0.2, 0) is 9.59 Å². The fraction of sp³-hybridized carbons (Fsp3) is 0.833. The molecule has 4 atom stereocenters. The Bertz CT molecular complexity index is 287. The first-order valence-corrected chi connectivity index (χ1v) is 5.88. The topological polar surface area (TPSA) is 46.2 Å². The van der Waals surface area contributed by atoms with E-state index in [1.54, 1.807) is 6.92 Å². The molecular weight excluding hydrogens is 190 g/mol. The predicted octanol–water partition coefficient (Wildman–Crippen LogP) is 1.52. The quantitative estimate of drug-likeness (QED) is 0.766. The van der Waals surface area contributed by atoms with Crippen LogP contribution < -0.4 is 5.32 Å². The van der Waals surface area contributed by atoms with Gasteiger partial charge in [-0.3, -0.25) is 9.59 Å². The molecule has 84 valence electrons. The lowest BCUT2D eigenvalue weighted by atomic mass is 9.88. The Kier molecular flexibility index (Phi) is 2.81. The van der Waals surface area contributed by atoms with Crippen LogP contribution in [-0.4, -0.2) is 17.7 Å². The minimum Gasteiger partial charge on any atom is -0.346 e. The Labute approximate surface area is 90.6 Å². The third-order valence-electron chi connectivity index (χ3n) is 4.04. The van der Waals surface area contributed by atoms with Crippen LogP contribution in [0.2, 0.25) is 0 Å². The number of nitrogens with one attached hydrogen (secondary N) is 1. The molecule has 3 nitrogen and oxygen atoms in total. The molecule has 0 radical (unpaired) electrons. The normalized spacial score (nSPS) is 35.2. The van der Waals surface area contributed by atoms with E-state index in [1.807, 2.05) is 0 Å². The summed E-state index contributed by atoms with van der Waals surface area (Å²) in [4.78, 5) is 22.9. The van der Waals surface area contributed by atoms with Gasteiger partial charge in [-0.15, -0.1) is 0 Å². The fourth-order valence-corrected chi connectivity index (χ4v) is 2.99. The van der Waals surface area contributed by atoms with Crippen molar-refractivity contribution in [3.05, 3.63) is 0 Å². The van der Waals surface area contributed by atoms with Crippen molar-refractivity contribution in [3.8, 4) is 0 Å². The van der Waals surface area contributed by atoms with Crippen LogP contribution in [0.3, 0.4) is 0 Å². The molecule has 0 saturated heterocycles. The fourth-order valence-electron chi connectivity index (χ4n) is 2.99. The van der Waals surface area contributed by atoms with Crippen molar-refractivity contribution in [2.75, 3.05) is 0 Å². The Morgan fingerprint density at radius 3 is 2.47 bits per heavy atom. The van der Waals surface area contributed by atoms with E-state index in [1.165, 1.54) is 26.2 Å². The zero-order chi connectivity index (χ0) is 11.0. The van der Waals surface area contributed by atoms with Crippen molar-refractivity contribution in [2.45, 2.75) is 45.6 Å². The lowest BCUT2D eigenvalue weighted by molar-refractivity contribution is -0.130. The van der Waals surface area contributed by atoms with Crippen molar-refractivity contribution >= 4 is 11.7 Å². The first kappa shape index (κ1) is 10.7. The second-order valence-electron chi connectivity index (χ2n) is 5.12. The predicted molar refractivity (Wildman–Crippen MR) is 57.2 cm³/mol. The molecule has 2 aliphatic carbocycles. The molecular formula is C12H19NO2. The van der Waals surface area contributed by atoms with Gasteiger partial charge in [0.1, 0.15) is 0 Å². The lowest BCUT2D eigenvalue weighted by Crippen LogP contribution is -2.42. The van der Waals surface area contributed by atoms with E-state index in [2.05, 4.69) is 5.32 Å².